The van der Waals surface area contributed by atoms with Gasteiger partial charge in [0.05, 0.1) is 26.8 Å². The van der Waals surface area contributed by atoms with Crippen LogP contribution in [0, 0.1) is 0 Å². The topological polar surface area (TPSA) is 135 Å². The predicted molar refractivity (Wildman–Crippen MR) is 139 cm³/mol. The third-order valence-corrected chi connectivity index (χ3v) is 9.63. The van der Waals surface area contributed by atoms with E-state index in [0.717, 1.165) is 10.4 Å². The van der Waals surface area contributed by atoms with Crippen LogP contribution in [-0.2, 0) is 20.0 Å². The second-order valence-electron chi connectivity index (χ2n) is 8.26. The lowest BCUT2D eigenvalue weighted by Gasteiger charge is -2.16. The number of hydrogen-bond acceptors (Lipinski definition) is 6. The van der Waals surface area contributed by atoms with E-state index >= 15 is 0 Å². The van der Waals surface area contributed by atoms with Gasteiger partial charge >= 0.3 is 0 Å². The smallest absolute Gasteiger partial charge is 0.248 e. The standard InChI is InChI=1S/C23H27N3O5S3/c1-14(2)33(28,29)25-20-11-12-32-22(20)17-7-5-16(6-8-17)19-10-9-18(23(24)27)13-21(19)26-34(30,31)15(3)4/h5-15,25-26H,1-4H3,(H2,24,27). The molecule has 0 aliphatic rings. The molecule has 0 aliphatic carbocycles. The van der Waals surface area contributed by atoms with Gasteiger partial charge in [0, 0.05) is 11.1 Å². The van der Waals surface area contributed by atoms with Gasteiger partial charge in [-0.25, -0.2) is 16.8 Å². The monoisotopic (exact) mass is 521 g/mol. The second-order valence-corrected chi connectivity index (χ2v) is 13.6. The Morgan fingerprint density at radius 1 is 0.794 bits per heavy atom. The Kier molecular flexibility index (Phi) is 7.39. The molecular weight excluding hydrogens is 494 g/mol. The SMILES string of the molecule is CC(C)S(=O)(=O)Nc1cc(C(N)=O)ccc1-c1ccc(-c2sccc2NS(=O)(=O)C(C)C)cc1. The Balaban J connectivity index is 2.00. The molecule has 0 aliphatic heterocycles. The molecule has 11 heteroatoms. The number of amides is 1. The van der Waals surface area contributed by atoms with Gasteiger partial charge in [-0.3, -0.25) is 14.2 Å². The summed E-state index contributed by atoms with van der Waals surface area (Å²) in [5.74, 6) is -0.666. The summed E-state index contributed by atoms with van der Waals surface area (Å²) in [4.78, 5) is 12.4. The van der Waals surface area contributed by atoms with Crippen molar-refractivity contribution >= 4 is 48.7 Å². The molecule has 1 aromatic heterocycles. The fourth-order valence-corrected chi connectivity index (χ4v) is 5.34. The number of rotatable bonds is 9. The molecule has 0 saturated carbocycles. The van der Waals surface area contributed by atoms with Crippen LogP contribution >= 0.6 is 11.3 Å². The predicted octanol–water partition coefficient (Wildman–Crippen LogP) is 4.48. The highest BCUT2D eigenvalue weighted by Crippen LogP contribution is 2.37. The summed E-state index contributed by atoms with van der Waals surface area (Å²) >= 11 is 1.41. The van der Waals surface area contributed by atoms with Gasteiger partial charge in [-0.05, 0) is 62.4 Å². The van der Waals surface area contributed by atoms with E-state index in [1.54, 1.807) is 39.8 Å². The van der Waals surface area contributed by atoms with Gasteiger partial charge in [0.2, 0.25) is 26.0 Å². The summed E-state index contributed by atoms with van der Waals surface area (Å²) in [6.07, 6.45) is 0. The average molecular weight is 522 g/mol. The number of carbonyl (C=O) groups is 1. The van der Waals surface area contributed by atoms with Crippen molar-refractivity contribution in [1.29, 1.82) is 0 Å². The van der Waals surface area contributed by atoms with Crippen LogP contribution in [0.5, 0.6) is 0 Å². The summed E-state index contributed by atoms with van der Waals surface area (Å²) in [5, 5.41) is 0.564. The van der Waals surface area contributed by atoms with E-state index in [4.69, 9.17) is 5.73 Å². The summed E-state index contributed by atoms with van der Waals surface area (Å²) in [6.45, 7) is 6.33. The molecule has 0 spiro atoms. The molecule has 3 rings (SSSR count). The van der Waals surface area contributed by atoms with Gasteiger partial charge in [0.25, 0.3) is 0 Å². The van der Waals surface area contributed by atoms with Gasteiger partial charge in [0.1, 0.15) is 0 Å². The minimum absolute atomic E-state index is 0.183. The zero-order valence-corrected chi connectivity index (χ0v) is 21.6. The van der Waals surface area contributed by atoms with Crippen LogP contribution in [0.4, 0.5) is 11.4 Å². The molecule has 3 aromatic rings. The minimum Gasteiger partial charge on any atom is -0.366 e. The Morgan fingerprint density at radius 3 is 1.85 bits per heavy atom. The highest BCUT2D eigenvalue weighted by atomic mass is 32.2. The van der Waals surface area contributed by atoms with Crippen molar-refractivity contribution in [2.75, 3.05) is 9.44 Å². The Hall–Kier alpha value is -2.89. The Labute approximate surface area is 204 Å². The molecule has 0 unspecified atom stereocenters. The highest BCUT2D eigenvalue weighted by molar-refractivity contribution is 7.93. The van der Waals surface area contributed by atoms with Gasteiger partial charge in [-0.1, -0.05) is 30.3 Å². The molecule has 8 nitrogen and oxygen atoms in total. The largest absolute Gasteiger partial charge is 0.366 e. The van der Waals surface area contributed by atoms with E-state index in [1.807, 2.05) is 29.6 Å². The molecule has 0 atom stereocenters. The zero-order valence-electron chi connectivity index (χ0n) is 19.2. The fraction of sp³-hybridized carbons (Fsp3) is 0.261. The number of carbonyl (C=O) groups excluding carboxylic acids is 1. The average Bonchev–Trinajstić information content (AvgIpc) is 3.20. The Bertz CT molecular complexity index is 1410. The van der Waals surface area contributed by atoms with Crippen LogP contribution in [0.15, 0.2) is 53.9 Å². The van der Waals surface area contributed by atoms with Crippen molar-refractivity contribution in [3.63, 3.8) is 0 Å². The van der Waals surface area contributed by atoms with Crippen molar-refractivity contribution in [2.24, 2.45) is 5.73 Å². The summed E-state index contributed by atoms with van der Waals surface area (Å²) in [6, 6.07) is 13.6. The fourth-order valence-electron chi connectivity index (χ4n) is 2.99. The summed E-state index contributed by atoms with van der Waals surface area (Å²) in [7, 11) is -7.15. The molecule has 4 N–H and O–H groups in total. The maximum atomic E-state index is 12.5. The van der Waals surface area contributed by atoms with Crippen molar-refractivity contribution in [3.8, 4) is 21.6 Å². The molecule has 2 aromatic carbocycles. The van der Waals surface area contributed by atoms with Gasteiger partial charge in [-0.15, -0.1) is 11.3 Å². The van der Waals surface area contributed by atoms with E-state index < -0.39 is 36.5 Å². The molecule has 0 saturated heterocycles. The number of sulfonamides is 2. The number of benzene rings is 2. The molecule has 0 bridgehead atoms. The van der Waals surface area contributed by atoms with Gasteiger partial charge in [0.15, 0.2) is 0 Å². The maximum absolute atomic E-state index is 12.5. The van der Waals surface area contributed by atoms with E-state index in [9.17, 15) is 21.6 Å². The van der Waals surface area contributed by atoms with Gasteiger partial charge in [-0.2, -0.15) is 0 Å². The highest BCUT2D eigenvalue weighted by Gasteiger charge is 2.20. The second kappa shape index (κ2) is 9.77. The molecule has 182 valence electrons. The first-order chi connectivity index (χ1) is 15.8. The maximum Gasteiger partial charge on any atom is 0.248 e. The van der Waals surface area contributed by atoms with Crippen LogP contribution in [0.25, 0.3) is 21.6 Å². The van der Waals surface area contributed by atoms with E-state index in [-0.39, 0.29) is 11.3 Å². The van der Waals surface area contributed by atoms with Crippen molar-refractivity contribution in [1.82, 2.24) is 0 Å². The summed E-state index contributed by atoms with van der Waals surface area (Å²) < 4.78 is 54.8. The molecule has 0 fully saturated rings. The number of nitrogens with two attached hydrogens (primary N) is 1. The molecular formula is C23H27N3O5S3. The van der Waals surface area contributed by atoms with Crippen LogP contribution in [0.3, 0.4) is 0 Å². The number of primary amides is 1. The first kappa shape index (κ1) is 25.7. The minimum atomic E-state index is -3.66. The zero-order chi connectivity index (χ0) is 25.3. The molecule has 1 heterocycles. The number of hydrogen-bond donors (Lipinski definition) is 3. The number of nitrogens with one attached hydrogen (secondary N) is 2. The number of thiophene rings is 1. The molecule has 1 amide bonds. The van der Waals surface area contributed by atoms with Crippen LogP contribution in [0.2, 0.25) is 0 Å². The van der Waals surface area contributed by atoms with Crippen molar-refractivity contribution < 1.29 is 21.6 Å². The van der Waals surface area contributed by atoms with Crippen LogP contribution in [-0.4, -0.2) is 33.2 Å². The van der Waals surface area contributed by atoms with Crippen LogP contribution < -0.4 is 15.2 Å². The third-order valence-electron chi connectivity index (χ3n) is 5.17. The van der Waals surface area contributed by atoms with Crippen molar-refractivity contribution in [2.45, 2.75) is 38.2 Å². The normalized spacial score (nSPS) is 12.2. The first-order valence-electron chi connectivity index (χ1n) is 10.5. The lowest BCUT2D eigenvalue weighted by atomic mass is 10.00. The molecule has 0 radical (unpaired) electrons. The third kappa shape index (κ3) is 5.60. The van der Waals surface area contributed by atoms with E-state index in [0.29, 0.717) is 16.8 Å². The molecule has 34 heavy (non-hydrogen) atoms. The first-order valence-corrected chi connectivity index (χ1v) is 14.4. The van der Waals surface area contributed by atoms with Crippen molar-refractivity contribution in [3.05, 3.63) is 59.5 Å². The quantitative estimate of drug-likeness (QED) is 0.381. The van der Waals surface area contributed by atoms with E-state index in [1.165, 1.54) is 23.5 Å². The lowest BCUT2D eigenvalue weighted by molar-refractivity contribution is 0.100. The van der Waals surface area contributed by atoms with Crippen LogP contribution in [0.1, 0.15) is 38.1 Å². The lowest BCUT2D eigenvalue weighted by Crippen LogP contribution is -2.23. The van der Waals surface area contributed by atoms with Gasteiger partial charge < -0.3 is 5.73 Å². The number of anilines is 2. The summed E-state index contributed by atoms with van der Waals surface area (Å²) in [5.41, 5.74) is 8.41. The Morgan fingerprint density at radius 2 is 1.32 bits per heavy atom. The van der Waals surface area contributed by atoms with E-state index in [2.05, 4.69) is 9.44 Å².